The Morgan fingerprint density at radius 1 is 1.09 bits per heavy atom. The first-order valence-electron chi connectivity index (χ1n) is 10.1. The van der Waals surface area contributed by atoms with Crippen molar-refractivity contribution < 1.29 is 18.0 Å². The van der Waals surface area contributed by atoms with Crippen LogP contribution in [0.25, 0.3) is 0 Å². The third-order valence-electron chi connectivity index (χ3n) is 4.86. The number of sulfonamides is 1. The summed E-state index contributed by atoms with van der Waals surface area (Å²) < 4.78 is 27.6. The Morgan fingerprint density at radius 2 is 1.69 bits per heavy atom. The van der Waals surface area contributed by atoms with E-state index in [9.17, 15) is 18.0 Å². The van der Waals surface area contributed by atoms with Gasteiger partial charge in [-0.05, 0) is 55.3 Å². The van der Waals surface area contributed by atoms with Gasteiger partial charge in [0.25, 0.3) is 0 Å². The number of nitrogens with zero attached hydrogens (tertiary/aromatic N) is 2. The second kappa shape index (κ2) is 11.8. The van der Waals surface area contributed by atoms with Gasteiger partial charge in [0.1, 0.15) is 6.04 Å². The molecule has 2 aromatic carbocycles. The van der Waals surface area contributed by atoms with Crippen molar-refractivity contribution in [2.24, 2.45) is 0 Å². The summed E-state index contributed by atoms with van der Waals surface area (Å²) >= 11 is 9.22. The van der Waals surface area contributed by atoms with Gasteiger partial charge in [0.05, 0.1) is 11.4 Å². The van der Waals surface area contributed by atoms with Crippen LogP contribution in [0.1, 0.15) is 25.8 Å². The topological polar surface area (TPSA) is 86.8 Å². The third-order valence-corrected chi connectivity index (χ3v) is 7.46. The van der Waals surface area contributed by atoms with Crippen LogP contribution in [0.4, 0.5) is 0 Å². The fraction of sp³-hybridized carbons (Fsp3) is 0.364. The van der Waals surface area contributed by atoms with E-state index < -0.39 is 28.5 Å². The van der Waals surface area contributed by atoms with E-state index in [2.05, 4.69) is 21.2 Å². The second-order valence-electron chi connectivity index (χ2n) is 7.33. The molecule has 0 saturated carbocycles. The van der Waals surface area contributed by atoms with Crippen molar-refractivity contribution in [1.29, 1.82) is 0 Å². The van der Waals surface area contributed by atoms with Gasteiger partial charge in [-0.1, -0.05) is 46.6 Å². The van der Waals surface area contributed by atoms with Crippen LogP contribution in [0, 0.1) is 0 Å². The van der Waals surface area contributed by atoms with Gasteiger partial charge >= 0.3 is 0 Å². The molecule has 2 rings (SSSR count). The molecule has 1 unspecified atom stereocenters. The first-order valence-corrected chi connectivity index (χ1v) is 12.7. The quantitative estimate of drug-likeness (QED) is 0.495. The van der Waals surface area contributed by atoms with E-state index in [1.807, 2.05) is 31.2 Å². The Kier molecular flexibility index (Phi) is 9.69. The minimum Gasteiger partial charge on any atom is -0.354 e. The van der Waals surface area contributed by atoms with Crippen molar-refractivity contribution in [3.8, 4) is 0 Å². The van der Waals surface area contributed by atoms with Crippen molar-refractivity contribution in [2.75, 3.05) is 20.1 Å². The molecule has 10 heteroatoms. The van der Waals surface area contributed by atoms with Crippen molar-refractivity contribution >= 4 is 49.4 Å². The largest absolute Gasteiger partial charge is 0.354 e. The zero-order valence-corrected chi connectivity index (χ0v) is 21.4. The predicted molar refractivity (Wildman–Crippen MR) is 129 cm³/mol. The molecular formula is C22H27BrClN3O4S. The molecule has 1 atom stereocenters. The number of rotatable bonds is 10. The number of nitrogens with one attached hydrogen (secondary N) is 1. The molecule has 0 fully saturated rings. The van der Waals surface area contributed by atoms with Gasteiger partial charge < -0.3 is 10.2 Å². The SMILES string of the molecule is CCCNC(=O)C(C)N(Cc1ccc(Br)cc1)C(=O)CN(C)S(=O)(=O)c1ccc(Cl)cc1. The Balaban J connectivity index is 2.24. The molecule has 2 aromatic rings. The summed E-state index contributed by atoms with van der Waals surface area (Å²) in [7, 11) is -2.57. The standard InChI is InChI=1S/C22H27BrClN3O4S/c1-4-13-25-22(29)16(2)27(14-17-5-7-18(23)8-6-17)21(28)15-26(3)32(30,31)20-11-9-19(24)10-12-20/h5-12,16H,4,13-15H2,1-3H3,(H,25,29). The van der Waals surface area contributed by atoms with E-state index in [0.29, 0.717) is 11.6 Å². The second-order valence-corrected chi connectivity index (χ2v) is 10.7. The van der Waals surface area contributed by atoms with Crippen LogP contribution >= 0.6 is 27.5 Å². The van der Waals surface area contributed by atoms with Crippen LogP contribution in [-0.2, 0) is 26.2 Å². The van der Waals surface area contributed by atoms with Gasteiger partial charge in [0, 0.05) is 29.6 Å². The number of benzene rings is 2. The normalized spacial score (nSPS) is 12.4. The fourth-order valence-corrected chi connectivity index (χ4v) is 4.43. The lowest BCUT2D eigenvalue weighted by molar-refractivity contribution is -0.140. The molecular weight excluding hydrogens is 518 g/mol. The van der Waals surface area contributed by atoms with Crippen molar-refractivity contribution in [3.63, 3.8) is 0 Å². The number of amides is 2. The van der Waals surface area contributed by atoms with Crippen LogP contribution in [0.3, 0.4) is 0 Å². The number of halogens is 2. The number of hydrogen-bond acceptors (Lipinski definition) is 4. The number of likely N-dealkylation sites (N-methyl/N-ethyl adjacent to an activating group) is 1. The Hall–Kier alpha value is -1.94. The van der Waals surface area contributed by atoms with Crippen LogP contribution in [0.5, 0.6) is 0 Å². The number of carbonyl (C=O) groups is 2. The van der Waals surface area contributed by atoms with Gasteiger partial charge in [-0.15, -0.1) is 0 Å². The van der Waals surface area contributed by atoms with E-state index in [4.69, 9.17) is 11.6 Å². The average Bonchev–Trinajstić information content (AvgIpc) is 2.76. The molecule has 0 bridgehead atoms. The van der Waals surface area contributed by atoms with E-state index in [0.717, 1.165) is 20.8 Å². The molecule has 0 aliphatic heterocycles. The van der Waals surface area contributed by atoms with E-state index in [1.165, 1.54) is 36.2 Å². The highest BCUT2D eigenvalue weighted by Crippen LogP contribution is 2.19. The predicted octanol–water partition coefficient (Wildman–Crippen LogP) is 3.67. The van der Waals surface area contributed by atoms with Gasteiger partial charge in [-0.3, -0.25) is 9.59 Å². The summed E-state index contributed by atoms with van der Waals surface area (Å²) in [5.74, 6) is -0.771. The Labute approximate surface area is 202 Å². The summed E-state index contributed by atoms with van der Waals surface area (Å²) in [5, 5.41) is 3.20. The molecule has 0 heterocycles. The maximum absolute atomic E-state index is 13.2. The molecule has 32 heavy (non-hydrogen) atoms. The molecule has 0 spiro atoms. The molecule has 0 radical (unpaired) electrons. The molecule has 0 aromatic heterocycles. The number of carbonyl (C=O) groups excluding carboxylic acids is 2. The van der Waals surface area contributed by atoms with Crippen LogP contribution in [0.15, 0.2) is 57.9 Å². The monoisotopic (exact) mass is 543 g/mol. The summed E-state index contributed by atoms with van der Waals surface area (Å²) in [6.07, 6.45) is 0.765. The summed E-state index contributed by atoms with van der Waals surface area (Å²) in [6.45, 7) is 3.82. The molecule has 1 N–H and O–H groups in total. The van der Waals surface area contributed by atoms with Crippen LogP contribution in [-0.4, -0.2) is 55.6 Å². The van der Waals surface area contributed by atoms with Crippen molar-refractivity contribution in [3.05, 3.63) is 63.6 Å². The van der Waals surface area contributed by atoms with Crippen LogP contribution < -0.4 is 5.32 Å². The molecule has 174 valence electrons. The highest BCUT2D eigenvalue weighted by atomic mass is 79.9. The third kappa shape index (κ3) is 7.03. The van der Waals surface area contributed by atoms with Crippen LogP contribution in [0.2, 0.25) is 5.02 Å². The van der Waals surface area contributed by atoms with Gasteiger partial charge in [0.2, 0.25) is 21.8 Å². The fourth-order valence-electron chi connectivity index (χ4n) is 2.92. The Bertz CT molecular complexity index is 1030. The van der Waals surface area contributed by atoms with Crippen molar-refractivity contribution in [1.82, 2.24) is 14.5 Å². The lowest BCUT2D eigenvalue weighted by Gasteiger charge is -2.30. The summed E-state index contributed by atoms with van der Waals surface area (Å²) in [4.78, 5) is 27.2. The smallest absolute Gasteiger partial charge is 0.243 e. The highest BCUT2D eigenvalue weighted by Gasteiger charge is 2.30. The lowest BCUT2D eigenvalue weighted by Crippen LogP contribution is -2.50. The lowest BCUT2D eigenvalue weighted by atomic mass is 10.1. The van der Waals surface area contributed by atoms with Gasteiger partial charge in [0.15, 0.2) is 0 Å². The molecule has 2 amide bonds. The van der Waals surface area contributed by atoms with E-state index in [1.54, 1.807) is 6.92 Å². The molecule has 0 aliphatic rings. The first-order chi connectivity index (χ1) is 15.1. The van der Waals surface area contributed by atoms with Gasteiger partial charge in [-0.2, -0.15) is 4.31 Å². The number of hydrogen-bond donors (Lipinski definition) is 1. The molecule has 7 nitrogen and oxygen atoms in total. The first kappa shape index (κ1) is 26.3. The van der Waals surface area contributed by atoms with E-state index >= 15 is 0 Å². The highest BCUT2D eigenvalue weighted by molar-refractivity contribution is 9.10. The summed E-state index contributed by atoms with van der Waals surface area (Å²) in [6, 6.07) is 12.3. The van der Waals surface area contributed by atoms with E-state index in [-0.39, 0.29) is 17.3 Å². The van der Waals surface area contributed by atoms with Gasteiger partial charge in [-0.25, -0.2) is 8.42 Å². The average molecular weight is 545 g/mol. The van der Waals surface area contributed by atoms with Crippen molar-refractivity contribution in [2.45, 2.75) is 37.8 Å². The maximum Gasteiger partial charge on any atom is 0.243 e. The maximum atomic E-state index is 13.2. The molecule has 0 aliphatic carbocycles. The zero-order chi connectivity index (χ0) is 23.9. The molecule has 0 saturated heterocycles. The summed E-state index contributed by atoms with van der Waals surface area (Å²) in [5.41, 5.74) is 0.819. The zero-order valence-electron chi connectivity index (χ0n) is 18.2. The minimum atomic E-state index is -3.90. The Morgan fingerprint density at radius 3 is 2.25 bits per heavy atom. The minimum absolute atomic E-state index is 0.0328.